The van der Waals surface area contributed by atoms with Crippen molar-refractivity contribution in [1.29, 1.82) is 0 Å². The summed E-state index contributed by atoms with van der Waals surface area (Å²) in [6, 6.07) is 14.6. The molecule has 3 aromatic rings. The van der Waals surface area contributed by atoms with E-state index in [2.05, 4.69) is 67.2 Å². The molecule has 3 unspecified atom stereocenters. The zero-order chi connectivity index (χ0) is 30.2. The number of carbonyl (C=O) groups is 1. The van der Waals surface area contributed by atoms with Crippen LogP contribution >= 0.6 is 0 Å². The van der Waals surface area contributed by atoms with E-state index in [1.54, 1.807) is 6.20 Å². The maximum Gasteiger partial charge on any atom is 0.236 e. The molecule has 3 atom stereocenters. The Bertz CT molecular complexity index is 1340. The van der Waals surface area contributed by atoms with Gasteiger partial charge in [0.25, 0.3) is 0 Å². The average molecular weight is 588 g/mol. The third-order valence-electron chi connectivity index (χ3n) is 8.11. The fraction of sp³-hybridized carbons (Fsp3) is 0.500. The molecule has 0 aliphatic carbocycles. The fourth-order valence-corrected chi connectivity index (χ4v) is 5.48. The van der Waals surface area contributed by atoms with Gasteiger partial charge in [0.2, 0.25) is 11.9 Å². The lowest BCUT2D eigenvalue weighted by Crippen LogP contribution is -2.56. The monoisotopic (exact) mass is 587 g/mol. The molecule has 1 saturated heterocycles. The molecule has 0 spiro atoms. The number of aromatic nitrogens is 3. The second-order valence-corrected chi connectivity index (χ2v) is 11.8. The first-order valence-electron chi connectivity index (χ1n) is 15.1. The maximum atomic E-state index is 13.2. The smallest absolute Gasteiger partial charge is 0.236 e. The van der Waals surface area contributed by atoms with E-state index in [0.717, 1.165) is 68.5 Å². The summed E-state index contributed by atoms with van der Waals surface area (Å²) in [4.78, 5) is 38.0. The Labute approximate surface area is 255 Å². The summed E-state index contributed by atoms with van der Waals surface area (Å²) >= 11 is 0. The molecular weight excluding hydrogens is 542 g/mol. The van der Waals surface area contributed by atoms with E-state index >= 15 is 0 Å². The van der Waals surface area contributed by atoms with Gasteiger partial charge in [-0.05, 0) is 56.4 Å². The number of anilines is 3. The van der Waals surface area contributed by atoms with Gasteiger partial charge in [0, 0.05) is 89.6 Å². The molecule has 2 aromatic heterocycles. The van der Waals surface area contributed by atoms with Crippen LogP contribution in [0.1, 0.15) is 12.0 Å². The molecule has 5 aliphatic rings. The second kappa shape index (κ2) is 14.7. The molecular formula is C32H45N9O2. The van der Waals surface area contributed by atoms with Crippen molar-refractivity contribution < 1.29 is 9.53 Å². The van der Waals surface area contributed by atoms with Crippen LogP contribution < -0.4 is 10.2 Å². The number of hydrogen-bond acceptors (Lipinski definition) is 10. The number of rotatable bonds is 5. The summed E-state index contributed by atoms with van der Waals surface area (Å²) in [6.45, 7) is 7.43. The molecule has 11 nitrogen and oxygen atoms in total. The standard InChI is InChI=1S/C32H45N9O2/c1-37(2)17-18-43-24-28-22-40-15-16-41(28)21-25-7-5-8-27(19-25)35-32-33-12-11-29(36-32)26-9-10-30(34-20-26)38(3)13-6-14-39(4)31(42)23-40/h5,7-12,19-20,28H,6,13-18,21-24H2,1-4H3,(H,33,35,36). The molecule has 43 heavy (non-hydrogen) atoms. The van der Waals surface area contributed by atoms with Crippen LogP contribution in [0.3, 0.4) is 0 Å². The molecule has 8 bridgehead atoms. The molecule has 1 aromatic carbocycles. The second-order valence-electron chi connectivity index (χ2n) is 11.8. The number of carbonyl (C=O) groups excluding carboxylic acids is 1. The minimum Gasteiger partial charge on any atom is -0.378 e. The van der Waals surface area contributed by atoms with E-state index < -0.39 is 0 Å². The highest BCUT2D eigenvalue weighted by Crippen LogP contribution is 2.23. The van der Waals surface area contributed by atoms with Crippen LogP contribution in [0.25, 0.3) is 11.3 Å². The Morgan fingerprint density at radius 3 is 2.67 bits per heavy atom. The summed E-state index contributed by atoms with van der Waals surface area (Å²) in [6.07, 6.45) is 4.48. The Hall–Kier alpha value is -3.64. The number of benzene rings is 1. The molecule has 5 aliphatic heterocycles. The Morgan fingerprint density at radius 2 is 1.86 bits per heavy atom. The third-order valence-corrected chi connectivity index (χ3v) is 8.11. The van der Waals surface area contributed by atoms with Crippen molar-refractivity contribution in [2.75, 3.05) is 97.4 Å². The van der Waals surface area contributed by atoms with Crippen LogP contribution in [0.4, 0.5) is 17.5 Å². The third kappa shape index (κ3) is 8.70. The quantitative estimate of drug-likeness (QED) is 0.449. The van der Waals surface area contributed by atoms with Crippen LogP contribution in [0.2, 0.25) is 0 Å². The lowest BCUT2D eigenvalue weighted by Gasteiger charge is -2.41. The number of likely N-dealkylation sites (N-methyl/N-ethyl adjacent to an activating group) is 2. The summed E-state index contributed by atoms with van der Waals surface area (Å²) < 4.78 is 6.13. The Morgan fingerprint density at radius 1 is 1.00 bits per heavy atom. The van der Waals surface area contributed by atoms with Crippen LogP contribution in [-0.4, -0.2) is 134 Å². The summed E-state index contributed by atoms with van der Waals surface area (Å²) in [5.41, 5.74) is 3.88. The predicted octanol–water partition coefficient (Wildman–Crippen LogP) is 2.64. The van der Waals surface area contributed by atoms with E-state index in [1.165, 1.54) is 5.56 Å². The predicted molar refractivity (Wildman–Crippen MR) is 171 cm³/mol. The summed E-state index contributed by atoms with van der Waals surface area (Å²) in [7, 11) is 8.06. The fourth-order valence-electron chi connectivity index (χ4n) is 5.48. The number of pyridine rings is 1. The normalized spacial score (nSPS) is 21.7. The van der Waals surface area contributed by atoms with E-state index in [1.807, 2.05) is 49.5 Å². The van der Waals surface area contributed by atoms with Gasteiger partial charge in [0.15, 0.2) is 0 Å². The zero-order valence-corrected chi connectivity index (χ0v) is 25.9. The largest absolute Gasteiger partial charge is 0.378 e. The van der Waals surface area contributed by atoms with Gasteiger partial charge in [-0.2, -0.15) is 0 Å². The van der Waals surface area contributed by atoms with Crippen molar-refractivity contribution in [2.45, 2.75) is 19.0 Å². The van der Waals surface area contributed by atoms with E-state index in [-0.39, 0.29) is 11.9 Å². The Balaban J connectivity index is 1.38. The number of piperazine rings is 1. The first-order valence-corrected chi connectivity index (χ1v) is 15.1. The number of nitrogens with one attached hydrogen (secondary N) is 1. The van der Waals surface area contributed by atoms with Crippen LogP contribution in [0, 0.1) is 0 Å². The van der Waals surface area contributed by atoms with Crippen molar-refractivity contribution in [2.24, 2.45) is 0 Å². The van der Waals surface area contributed by atoms with Gasteiger partial charge in [-0.1, -0.05) is 12.1 Å². The van der Waals surface area contributed by atoms with E-state index in [4.69, 9.17) is 9.72 Å². The van der Waals surface area contributed by atoms with Gasteiger partial charge in [0.05, 0.1) is 25.5 Å². The van der Waals surface area contributed by atoms with E-state index in [0.29, 0.717) is 32.3 Å². The molecule has 1 N–H and O–H groups in total. The number of ether oxygens (including phenoxy) is 1. The van der Waals surface area contributed by atoms with Crippen LogP contribution in [0.5, 0.6) is 0 Å². The minimum atomic E-state index is 0.158. The average Bonchev–Trinajstić information content (AvgIpc) is 3.00. The van der Waals surface area contributed by atoms with Crippen LogP contribution in [-0.2, 0) is 16.1 Å². The van der Waals surface area contributed by atoms with Crippen molar-refractivity contribution in [3.8, 4) is 11.3 Å². The highest BCUT2D eigenvalue weighted by molar-refractivity contribution is 5.78. The number of amides is 1. The molecule has 8 rings (SSSR count). The number of nitrogens with zero attached hydrogens (tertiary/aromatic N) is 8. The highest BCUT2D eigenvalue weighted by Gasteiger charge is 2.29. The van der Waals surface area contributed by atoms with Crippen molar-refractivity contribution in [1.82, 2.24) is 34.6 Å². The first kappa shape index (κ1) is 30.8. The van der Waals surface area contributed by atoms with Gasteiger partial charge < -0.3 is 24.8 Å². The van der Waals surface area contributed by atoms with E-state index in [9.17, 15) is 4.79 Å². The summed E-state index contributed by atoms with van der Waals surface area (Å²) in [5.74, 6) is 1.59. The lowest BCUT2D eigenvalue weighted by molar-refractivity contribution is -0.132. The van der Waals surface area contributed by atoms with Gasteiger partial charge in [-0.15, -0.1) is 0 Å². The molecule has 1 amide bonds. The first-order chi connectivity index (χ1) is 20.8. The lowest BCUT2D eigenvalue weighted by atomic mass is 10.1. The Kier molecular flexibility index (Phi) is 10.5. The van der Waals surface area contributed by atoms with Gasteiger partial charge >= 0.3 is 0 Å². The molecule has 11 heteroatoms. The van der Waals surface area contributed by atoms with Gasteiger partial charge in [-0.3, -0.25) is 14.6 Å². The molecule has 0 saturated carbocycles. The zero-order valence-electron chi connectivity index (χ0n) is 25.9. The van der Waals surface area contributed by atoms with Crippen molar-refractivity contribution >= 4 is 23.4 Å². The topological polar surface area (TPSA) is 93.2 Å². The molecule has 0 radical (unpaired) electrons. The molecule has 1 fully saturated rings. The molecule has 230 valence electrons. The molecule has 7 heterocycles. The summed E-state index contributed by atoms with van der Waals surface area (Å²) in [5, 5.41) is 3.39. The van der Waals surface area contributed by atoms with Crippen molar-refractivity contribution in [3.63, 3.8) is 0 Å². The highest BCUT2D eigenvalue weighted by atomic mass is 16.5. The SMILES string of the molecule is CN(C)CCOCC1CN2CCN1Cc1cccc(c1)Nc1nccc(n1)-c1ccc(nc1)N(C)CCCN(C)C(=O)C2. The minimum absolute atomic E-state index is 0.158. The van der Waals surface area contributed by atoms with Crippen LogP contribution in [0.15, 0.2) is 54.9 Å². The number of hydrogen-bond donors (Lipinski definition) is 1. The van der Waals surface area contributed by atoms with Crippen molar-refractivity contribution in [3.05, 3.63) is 60.4 Å². The van der Waals surface area contributed by atoms with Gasteiger partial charge in [-0.25, -0.2) is 15.0 Å². The van der Waals surface area contributed by atoms with Gasteiger partial charge in [0.1, 0.15) is 5.82 Å². The maximum absolute atomic E-state index is 13.2.